The molecule has 2 N–H and O–H groups in total. The number of imide groups is 1. The van der Waals surface area contributed by atoms with Crippen molar-refractivity contribution in [1.82, 2.24) is 25.0 Å². The molecule has 0 saturated heterocycles. The number of carbonyl (C=O) groups excluding carboxylic acids is 3. The van der Waals surface area contributed by atoms with Crippen LogP contribution in [0.1, 0.15) is 63.6 Å². The highest BCUT2D eigenvalue weighted by Crippen LogP contribution is 2.24. The maximum Gasteiger partial charge on any atom is 0.261 e. The van der Waals surface area contributed by atoms with Gasteiger partial charge in [-0.25, -0.2) is 0 Å². The van der Waals surface area contributed by atoms with Crippen LogP contribution in [0.25, 0.3) is 0 Å². The fourth-order valence-electron chi connectivity index (χ4n) is 3.21. The zero-order valence-electron chi connectivity index (χ0n) is 15.9. The Labute approximate surface area is 167 Å². The van der Waals surface area contributed by atoms with Crippen molar-refractivity contribution in [3.8, 4) is 0 Å². The summed E-state index contributed by atoms with van der Waals surface area (Å²) in [6, 6.07) is 4.63. The molecule has 3 rings (SSSR count). The van der Waals surface area contributed by atoms with Gasteiger partial charge < -0.3 is 9.88 Å². The van der Waals surface area contributed by atoms with E-state index in [0.29, 0.717) is 47.5 Å². The Kier molecular flexibility index (Phi) is 6.03. The topological polar surface area (TPSA) is 100 Å². The first-order valence-corrected chi connectivity index (χ1v) is 9.81. The zero-order chi connectivity index (χ0) is 20.3. The lowest BCUT2D eigenvalue weighted by Gasteiger charge is -2.12. The molecule has 9 heteroatoms. The number of aromatic amines is 1. The molecule has 8 nitrogen and oxygen atoms in total. The first-order valence-electron chi connectivity index (χ1n) is 9.40. The molecule has 28 heavy (non-hydrogen) atoms. The molecule has 0 fully saturated rings. The molecule has 0 spiro atoms. The summed E-state index contributed by atoms with van der Waals surface area (Å²) in [5, 5.41) is 9.72. The maximum absolute atomic E-state index is 12.5. The Morgan fingerprint density at radius 3 is 2.68 bits per heavy atom. The van der Waals surface area contributed by atoms with Crippen molar-refractivity contribution in [2.24, 2.45) is 0 Å². The second kappa shape index (κ2) is 8.47. The predicted octanol–water partition coefficient (Wildman–Crippen LogP) is 2.33. The molecule has 0 bridgehead atoms. The minimum atomic E-state index is -0.332. The van der Waals surface area contributed by atoms with E-state index >= 15 is 0 Å². The van der Waals surface area contributed by atoms with Crippen molar-refractivity contribution in [3.05, 3.63) is 45.5 Å². The van der Waals surface area contributed by atoms with Crippen molar-refractivity contribution in [2.75, 3.05) is 13.1 Å². The van der Waals surface area contributed by atoms with Crippen LogP contribution in [0, 0.1) is 4.77 Å². The molecule has 0 saturated carbocycles. The zero-order valence-corrected chi connectivity index (χ0v) is 16.8. The van der Waals surface area contributed by atoms with E-state index in [9.17, 15) is 14.4 Å². The molecule has 0 unspecified atom stereocenters. The van der Waals surface area contributed by atoms with Gasteiger partial charge in [-0.15, -0.1) is 0 Å². The summed E-state index contributed by atoms with van der Waals surface area (Å²) < 4.78 is 2.42. The van der Waals surface area contributed by atoms with Crippen molar-refractivity contribution in [3.63, 3.8) is 0 Å². The first kappa shape index (κ1) is 19.9. The predicted molar refractivity (Wildman–Crippen MR) is 106 cm³/mol. The van der Waals surface area contributed by atoms with Gasteiger partial charge in [0, 0.05) is 31.6 Å². The van der Waals surface area contributed by atoms with Gasteiger partial charge in [-0.1, -0.05) is 13.3 Å². The van der Waals surface area contributed by atoms with Crippen LogP contribution < -0.4 is 5.32 Å². The van der Waals surface area contributed by atoms with Crippen molar-refractivity contribution in [2.45, 2.75) is 39.7 Å². The lowest BCUT2D eigenvalue weighted by atomic mass is 10.1. The van der Waals surface area contributed by atoms with Gasteiger partial charge in [0.05, 0.1) is 11.1 Å². The number of rotatable bonds is 8. The Balaban J connectivity index is 1.66. The average molecular weight is 401 g/mol. The molecule has 148 valence electrons. The quantitative estimate of drug-likeness (QED) is 0.522. The second-order valence-corrected chi connectivity index (χ2v) is 6.96. The van der Waals surface area contributed by atoms with Crippen LogP contribution >= 0.6 is 12.2 Å². The summed E-state index contributed by atoms with van der Waals surface area (Å²) in [4.78, 5) is 38.6. The normalized spacial score (nSPS) is 13.1. The van der Waals surface area contributed by atoms with Gasteiger partial charge in [-0.3, -0.25) is 24.4 Å². The molecule has 0 radical (unpaired) electrons. The monoisotopic (exact) mass is 401 g/mol. The molecule has 2 aromatic rings. The fourth-order valence-corrected chi connectivity index (χ4v) is 3.49. The molecule has 2 heterocycles. The summed E-state index contributed by atoms with van der Waals surface area (Å²) in [6.45, 7) is 5.45. The van der Waals surface area contributed by atoms with Crippen LogP contribution in [0.4, 0.5) is 0 Å². The second-order valence-electron chi connectivity index (χ2n) is 6.57. The smallest absolute Gasteiger partial charge is 0.261 e. The first-order chi connectivity index (χ1) is 13.5. The number of carbonyl (C=O) groups is 3. The van der Waals surface area contributed by atoms with E-state index < -0.39 is 0 Å². The highest BCUT2D eigenvalue weighted by Gasteiger charge is 2.35. The third kappa shape index (κ3) is 3.75. The van der Waals surface area contributed by atoms with Gasteiger partial charge in [0.15, 0.2) is 4.77 Å². The maximum atomic E-state index is 12.5. The van der Waals surface area contributed by atoms with Crippen LogP contribution in [0.3, 0.4) is 0 Å². The molecule has 3 amide bonds. The van der Waals surface area contributed by atoms with E-state index in [-0.39, 0.29) is 17.7 Å². The van der Waals surface area contributed by atoms with Gasteiger partial charge in [-0.2, -0.15) is 5.10 Å². The van der Waals surface area contributed by atoms with Crippen molar-refractivity contribution in [1.29, 1.82) is 0 Å². The highest BCUT2D eigenvalue weighted by molar-refractivity contribution is 7.71. The van der Waals surface area contributed by atoms with E-state index in [1.54, 1.807) is 12.1 Å². The number of nitrogens with zero attached hydrogens (tertiary/aromatic N) is 3. The Morgan fingerprint density at radius 1 is 1.21 bits per heavy atom. The summed E-state index contributed by atoms with van der Waals surface area (Å²) in [7, 11) is 0. The average Bonchev–Trinajstić information content (AvgIpc) is 3.17. The number of fused-ring (bicyclic) bond motifs is 1. The Morgan fingerprint density at radius 2 is 1.96 bits per heavy atom. The van der Waals surface area contributed by atoms with Crippen LogP contribution in [0.2, 0.25) is 0 Å². The van der Waals surface area contributed by atoms with Gasteiger partial charge in [-0.05, 0) is 43.8 Å². The van der Waals surface area contributed by atoms with Gasteiger partial charge in [0.25, 0.3) is 17.7 Å². The molecular weight excluding hydrogens is 378 g/mol. The van der Waals surface area contributed by atoms with Crippen molar-refractivity contribution >= 4 is 29.9 Å². The standard InChI is InChI=1S/C19H23N5O3S/c1-3-5-10-24-17(26)13-7-6-12(11-14(13)18(24)27)16(25)20-9-8-15-21-22-19(28)23(15)4-2/h6-7,11H,3-5,8-10H2,1-2H3,(H,20,25)(H,22,28). The number of benzene rings is 1. The molecule has 1 aromatic carbocycles. The van der Waals surface area contributed by atoms with E-state index in [1.807, 2.05) is 18.4 Å². The molecule has 0 atom stereocenters. The fraction of sp³-hybridized carbons (Fsp3) is 0.421. The van der Waals surface area contributed by atoms with E-state index in [1.165, 1.54) is 11.0 Å². The number of hydrogen-bond acceptors (Lipinski definition) is 5. The molecule has 0 aliphatic carbocycles. The number of H-pyrrole nitrogens is 1. The highest BCUT2D eigenvalue weighted by atomic mass is 32.1. The number of aromatic nitrogens is 3. The minimum absolute atomic E-state index is 0.289. The van der Waals surface area contributed by atoms with Gasteiger partial charge >= 0.3 is 0 Å². The number of hydrogen-bond donors (Lipinski definition) is 2. The van der Waals surface area contributed by atoms with Crippen LogP contribution in [-0.4, -0.2) is 50.5 Å². The number of amides is 3. The van der Waals surface area contributed by atoms with Crippen molar-refractivity contribution < 1.29 is 14.4 Å². The Hall–Kier alpha value is -2.81. The lowest BCUT2D eigenvalue weighted by Crippen LogP contribution is -2.30. The van der Waals surface area contributed by atoms with E-state index in [2.05, 4.69) is 15.5 Å². The molecule has 1 aliphatic heterocycles. The molecule has 1 aromatic heterocycles. The summed E-state index contributed by atoms with van der Waals surface area (Å²) >= 11 is 5.15. The minimum Gasteiger partial charge on any atom is -0.352 e. The van der Waals surface area contributed by atoms with Gasteiger partial charge in [0.2, 0.25) is 0 Å². The Bertz CT molecular complexity index is 978. The van der Waals surface area contributed by atoms with E-state index in [4.69, 9.17) is 12.2 Å². The van der Waals surface area contributed by atoms with Gasteiger partial charge in [0.1, 0.15) is 5.82 Å². The summed E-state index contributed by atoms with van der Waals surface area (Å²) in [6.07, 6.45) is 2.18. The van der Waals surface area contributed by atoms with Crippen LogP contribution in [-0.2, 0) is 13.0 Å². The lowest BCUT2D eigenvalue weighted by molar-refractivity contribution is 0.0652. The SMILES string of the molecule is CCCCN1C(=O)c2ccc(C(=O)NCCc3n[nH]c(=S)n3CC)cc2C1=O. The number of unbranched alkanes of at least 4 members (excludes halogenated alkanes) is 1. The summed E-state index contributed by atoms with van der Waals surface area (Å²) in [5.74, 6) is -0.148. The van der Waals surface area contributed by atoms with E-state index in [0.717, 1.165) is 18.7 Å². The third-order valence-corrected chi connectivity index (χ3v) is 5.07. The third-order valence-electron chi connectivity index (χ3n) is 4.76. The number of nitrogens with one attached hydrogen (secondary N) is 2. The van der Waals surface area contributed by atoms with Crippen LogP contribution in [0.15, 0.2) is 18.2 Å². The summed E-state index contributed by atoms with van der Waals surface area (Å²) in [5.41, 5.74) is 1.00. The molecular formula is C19H23N5O3S. The van der Waals surface area contributed by atoms with Crippen LogP contribution in [0.5, 0.6) is 0 Å². The largest absolute Gasteiger partial charge is 0.352 e. The molecule has 1 aliphatic rings.